The van der Waals surface area contributed by atoms with Gasteiger partial charge in [0, 0.05) is 6.61 Å². The zero-order valence-electron chi connectivity index (χ0n) is 9.25. The summed E-state index contributed by atoms with van der Waals surface area (Å²) in [6.45, 7) is 4.71. The van der Waals surface area contributed by atoms with Crippen LogP contribution in [0, 0.1) is 6.92 Å². The van der Waals surface area contributed by atoms with Crippen LogP contribution < -0.4 is 5.32 Å². The lowest BCUT2D eigenvalue weighted by Crippen LogP contribution is -2.38. The van der Waals surface area contributed by atoms with Crippen LogP contribution in [-0.4, -0.2) is 24.7 Å². The standard InChI is InChI=1S/C11H14BrNO2S/c1-6-5-9(16-10(6)12)11(14)13-8-3-4-15-7(8)2/h5,7-8H,3-4H2,1-2H3,(H,13,14). The minimum absolute atomic E-state index is 0.00106. The number of hydrogen-bond donors (Lipinski definition) is 1. The van der Waals surface area contributed by atoms with Gasteiger partial charge in [-0.1, -0.05) is 0 Å². The smallest absolute Gasteiger partial charge is 0.261 e. The van der Waals surface area contributed by atoms with E-state index in [0.29, 0.717) is 0 Å². The Morgan fingerprint density at radius 3 is 2.94 bits per heavy atom. The van der Waals surface area contributed by atoms with E-state index in [-0.39, 0.29) is 18.1 Å². The average Bonchev–Trinajstić information content (AvgIpc) is 2.76. The van der Waals surface area contributed by atoms with Crippen LogP contribution in [0.1, 0.15) is 28.6 Å². The summed E-state index contributed by atoms with van der Waals surface area (Å²) >= 11 is 4.89. The Kier molecular flexibility index (Phi) is 3.66. The molecule has 2 unspecified atom stereocenters. The number of rotatable bonds is 2. The van der Waals surface area contributed by atoms with Gasteiger partial charge in [-0.15, -0.1) is 11.3 Å². The van der Waals surface area contributed by atoms with Gasteiger partial charge < -0.3 is 10.1 Å². The predicted molar refractivity (Wildman–Crippen MR) is 68.0 cm³/mol. The van der Waals surface area contributed by atoms with Crippen LogP contribution in [0.2, 0.25) is 0 Å². The summed E-state index contributed by atoms with van der Waals surface area (Å²) in [5.74, 6) is 0.00106. The summed E-state index contributed by atoms with van der Waals surface area (Å²) in [7, 11) is 0. The summed E-state index contributed by atoms with van der Waals surface area (Å²) < 4.78 is 6.43. The average molecular weight is 304 g/mol. The molecule has 0 spiro atoms. The van der Waals surface area contributed by atoms with Crippen molar-refractivity contribution >= 4 is 33.2 Å². The Balaban J connectivity index is 2.02. The molecule has 16 heavy (non-hydrogen) atoms. The minimum atomic E-state index is 0.00106. The maximum atomic E-state index is 11.9. The van der Waals surface area contributed by atoms with Gasteiger partial charge in [-0.2, -0.15) is 0 Å². The molecular formula is C11H14BrNO2S. The van der Waals surface area contributed by atoms with Crippen molar-refractivity contribution < 1.29 is 9.53 Å². The van der Waals surface area contributed by atoms with Crippen molar-refractivity contribution in [2.75, 3.05) is 6.61 Å². The molecule has 0 bridgehead atoms. The highest BCUT2D eigenvalue weighted by molar-refractivity contribution is 9.11. The second kappa shape index (κ2) is 4.85. The number of nitrogens with one attached hydrogen (secondary N) is 1. The normalized spacial score (nSPS) is 24.7. The van der Waals surface area contributed by atoms with Crippen molar-refractivity contribution in [3.05, 3.63) is 20.3 Å². The lowest BCUT2D eigenvalue weighted by atomic mass is 10.1. The Morgan fingerprint density at radius 1 is 1.69 bits per heavy atom. The van der Waals surface area contributed by atoms with Gasteiger partial charge >= 0.3 is 0 Å². The molecule has 1 saturated heterocycles. The Morgan fingerprint density at radius 2 is 2.44 bits per heavy atom. The first kappa shape index (κ1) is 12.1. The largest absolute Gasteiger partial charge is 0.376 e. The molecule has 5 heteroatoms. The van der Waals surface area contributed by atoms with E-state index in [9.17, 15) is 4.79 Å². The van der Waals surface area contributed by atoms with Gasteiger partial charge in [0.25, 0.3) is 5.91 Å². The first-order valence-electron chi connectivity index (χ1n) is 5.26. The number of ether oxygens (including phenoxy) is 1. The van der Waals surface area contributed by atoms with Gasteiger partial charge in [0.1, 0.15) is 0 Å². The van der Waals surface area contributed by atoms with Crippen molar-refractivity contribution in [1.82, 2.24) is 5.32 Å². The summed E-state index contributed by atoms with van der Waals surface area (Å²) in [6.07, 6.45) is 1.02. The van der Waals surface area contributed by atoms with E-state index in [1.165, 1.54) is 11.3 Å². The van der Waals surface area contributed by atoms with Gasteiger partial charge in [-0.05, 0) is 47.8 Å². The maximum absolute atomic E-state index is 11.9. The number of hydrogen-bond acceptors (Lipinski definition) is 3. The van der Waals surface area contributed by atoms with E-state index < -0.39 is 0 Å². The maximum Gasteiger partial charge on any atom is 0.261 e. The first-order valence-corrected chi connectivity index (χ1v) is 6.87. The van der Waals surface area contributed by atoms with E-state index in [1.54, 1.807) is 0 Å². The molecule has 1 fully saturated rings. The van der Waals surface area contributed by atoms with Crippen LogP contribution in [0.25, 0.3) is 0 Å². The monoisotopic (exact) mass is 303 g/mol. The molecule has 1 aliphatic rings. The third-order valence-electron chi connectivity index (χ3n) is 2.77. The lowest BCUT2D eigenvalue weighted by molar-refractivity contribution is 0.0869. The van der Waals surface area contributed by atoms with Crippen molar-refractivity contribution in [3.63, 3.8) is 0 Å². The van der Waals surface area contributed by atoms with Crippen LogP contribution in [0.5, 0.6) is 0 Å². The molecule has 3 nitrogen and oxygen atoms in total. The van der Waals surface area contributed by atoms with Crippen LogP contribution in [0.15, 0.2) is 9.85 Å². The molecule has 1 N–H and O–H groups in total. The highest BCUT2D eigenvalue weighted by Gasteiger charge is 2.26. The third-order valence-corrected chi connectivity index (χ3v) is 4.91. The van der Waals surface area contributed by atoms with Gasteiger partial charge in [0.2, 0.25) is 0 Å². The van der Waals surface area contributed by atoms with Crippen LogP contribution in [-0.2, 0) is 4.74 Å². The third kappa shape index (κ3) is 2.47. The Labute approximate surface area is 107 Å². The number of aryl methyl sites for hydroxylation is 1. The summed E-state index contributed by atoms with van der Waals surface area (Å²) in [5.41, 5.74) is 1.10. The number of halogens is 1. The highest BCUT2D eigenvalue weighted by atomic mass is 79.9. The first-order chi connectivity index (χ1) is 7.58. The van der Waals surface area contributed by atoms with Crippen molar-refractivity contribution in [2.45, 2.75) is 32.4 Å². The molecule has 0 aliphatic carbocycles. The molecule has 88 valence electrons. The van der Waals surface area contributed by atoms with E-state index in [1.807, 2.05) is 19.9 Å². The second-order valence-electron chi connectivity index (χ2n) is 4.01. The van der Waals surface area contributed by atoms with Gasteiger partial charge in [0.05, 0.1) is 20.8 Å². The zero-order chi connectivity index (χ0) is 11.7. The molecule has 0 aromatic carbocycles. The Bertz CT molecular complexity index is 385. The number of thiophene rings is 1. The van der Waals surface area contributed by atoms with Crippen molar-refractivity contribution in [2.24, 2.45) is 0 Å². The lowest BCUT2D eigenvalue weighted by Gasteiger charge is -2.15. The van der Waals surface area contributed by atoms with Gasteiger partial charge in [0.15, 0.2) is 0 Å². The van der Waals surface area contributed by atoms with Crippen LogP contribution in [0.3, 0.4) is 0 Å². The van der Waals surface area contributed by atoms with Crippen LogP contribution in [0.4, 0.5) is 0 Å². The molecule has 2 atom stereocenters. The molecule has 1 aliphatic heterocycles. The fourth-order valence-electron chi connectivity index (χ4n) is 1.73. The van der Waals surface area contributed by atoms with Gasteiger partial charge in [-0.3, -0.25) is 4.79 Å². The quantitative estimate of drug-likeness (QED) is 0.912. The van der Waals surface area contributed by atoms with E-state index in [4.69, 9.17) is 4.74 Å². The van der Waals surface area contributed by atoms with Crippen molar-refractivity contribution in [1.29, 1.82) is 0 Å². The number of carbonyl (C=O) groups excluding carboxylic acids is 1. The predicted octanol–water partition coefficient (Wildman–Crippen LogP) is 2.73. The molecular weight excluding hydrogens is 290 g/mol. The molecule has 2 heterocycles. The SMILES string of the molecule is Cc1cc(C(=O)NC2CCOC2C)sc1Br. The zero-order valence-corrected chi connectivity index (χ0v) is 11.7. The van der Waals surface area contributed by atoms with Crippen molar-refractivity contribution in [3.8, 4) is 0 Å². The second-order valence-corrected chi connectivity index (χ2v) is 6.38. The molecule has 1 amide bonds. The number of carbonyl (C=O) groups is 1. The number of amides is 1. The summed E-state index contributed by atoms with van der Waals surface area (Å²) in [4.78, 5) is 12.7. The van der Waals surface area contributed by atoms with E-state index >= 15 is 0 Å². The van der Waals surface area contributed by atoms with Gasteiger partial charge in [-0.25, -0.2) is 0 Å². The van der Waals surface area contributed by atoms with Crippen LogP contribution >= 0.6 is 27.3 Å². The fourth-order valence-corrected chi connectivity index (χ4v) is 3.17. The Hall–Kier alpha value is -0.390. The summed E-state index contributed by atoms with van der Waals surface area (Å²) in [5, 5.41) is 3.01. The molecule has 1 aromatic rings. The van der Waals surface area contributed by atoms with E-state index in [0.717, 1.165) is 27.3 Å². The molecule has 1 aromatic heterocycles. The molecule has 0 saturated carbocycles. The van der Waals surface area contributed by atoms with E-state index in [2.05, 4.69) is 21.2 Å². The minimum Gasteiger partial charge on any atom is -0.376 e. The summed E-state index contributed by atoms with van der Waals surface area (Å²) in [6, 6.07) is 2.05. The fraction of sp³-hybridized carbons (Fsp3) is 0.545. The topological polar surface area (TPSA) is 38.3 Å². The molecule has 2 rings (SSSR count). The molecule has 0 radical (unpaired) electrons. The highest BCUT2D eigenvalue weighted by Crippen LogP contribution is 2.27.